The molecule has 1 aromatic heterocycles. The summed E-state index contributed by atoms with van der Waals surface area (Å²) in [6.07, 6.45) is 4.45. The number of fused-ring (bicyclic) bond motifs is 1. The van der Waals surface area contributed by atoms with Crippen LogP contribution in [0.2, 0.25) is 0 Å². The van der Waals surface area contributed by atoms with Crippen molar-refractivity contribution in [1.29, 1.82) is 0 Å². The van der Waals surface area contributed by atoms with Gasteiger partial charge in [0, 0.05) is 5.92 Å². The molecule has 2 aliphatic rings. The Morgan fingerprint density at radius 1 is 1.10 bits per heavy atom. The summed E-state index contributed by atoms with van der Waals surface area (Å²) in [4.78, 5) is 4.62. The highest BCUT2D eigenvalue weighted by atomic mass is 16.5. The van der Waals surface area contributed by atoms with Crippen LogP contribution in [0.15, 0.2) is 28.8 Å². The minimum Gasteiger partial charge on any atom is -0.393 e. The van der Waals surface area contributed by atoms with Crippen molar-refractivity contribution in [1.82, 2.24) is 10.1 Å². The maximum absolute atomic E-state index is 9.56. The molecule has 0 spiro atoms. The lowest BCUT2D eigenvalue weighted by Gasteiger charge is -2.27. The number of aromatic nitrogens is 2. The molecular formula is C16H18N2O2. The summed E-state index contributed by atoms with van der Waals surface area (Å²) in [5.74, 6) is 2.22. The molecule has 1 aromatic carbocycles. The van der Waals surface area contributed by atoms with Crippen LogP contribution in [0.5, 0.6) is 0 Å². The second kappa shape index (κ2) is 4.70. The van der Waals surface area contributed by atoms with Crippen LogP contribution in [-0.2, 0) is 6.42 Å². The first-order chi connectivity index (χ1) is 9.81. The lowest BCUT2D eigenvalue weighted by molar-refractivity contribution is 0.116. The zero-order chi connectivity index (χ0) is 13.5. The van der Waals surface area contributed by atoms with E-state index in [0.29, 0.717) is 11.8 Å². The number of rotatable bonds is 2. The summed E-state index contributed by atoms with van der Waals surface area (Å²) in [6, 6.07) is 8.45. The van der Waals surface area contributed by atoms with Crippen LogP contribution in [0.4, 0.5) is 0 Å². The van der Waals surface area contributed by atoms with Gasteiger partial charge in [-0.1, -0.05) is 29.4 Å². The number of hydrogen-bond donors (Lipinski definition) is 1. The van der Waals surface area contributed by atoms with Gasteiger partial charge in [-0.3, -0.25) is 0 Å². The fourth-order valence-electron chi connectivity index (χ4n) is 3.37. The second-order valence-corrected chi connectivity index (χ2v) is 5.95. The van der Waals surface area contributed by atoms with Gasteiger partial charge < -0.3 is 9.63 Å². The van der Waals surface area contributed by atoms with Crippen molar-refractivity contribution >= 4 is 0 Å². The predicted molar refractivity (Wildman–Crippen MR) is 73.5 cm³/mol. The van der Waals surface area contributed by atoms with Crippen LogP contribution in [0, 0.1) is 0 Å². The van der Waals surface area contributed by atoms with Gasteiger partial charge in [0.25, 0.3) is 0 Å². The van der Waals surface area contributed by atoms with Gasteiger partial charge in [0.05, 0.1) is 12.0 Å². The zero-order valence-electron chi connectivity index (χ0n) is 11.3. The lowest BCUT2D eigenvalue weighted by Crippen LogP contribution is -2.19. The third-order valence-electron chi connectivity index (χ3n) is 4.67. The van der Waals surface area contributed by atoms with Gasteiger partial charge >= 0.3 is 0 Å². The Hall–Kier alpha value is -1.68. The quantitative estimate of drug-likeness (QED) is 0.911. The molecule has 0 saturated heterocycles. The van der Waals surface area contributed by atoms with Crippen LogP contribution < -0.4 is 0 Å². The molecule has 4 heteroatoms. The van der Waals surface area contributed by atoms with Gasteiger partial charge in [0.15, 0.2) is 5.82 Å². The molecule has 1 atom stereocenters. The Labute approximate surface area is 117 Å². The van der Waals surface area contributed by atoms with Gasteiger partial charge in [0.2, 0.25) is 5.89 Å². The highest BCUT2D eigenvalue weighted by Gasteiger charge is 2.32. The van der Waals surface area contributed by atoms with E-state index in [0.717, 1.165) is 43.8 Å². The minimum atomic E-state index is -0.146. The number of nitrogens with zero attached hydrogens (tertiary/aromatic N) is 2. The number of hydrogen-bond acceptors (Lipinski definition) is 4. The summed E-state index contributed by atoms with van der Waals surface area (Å²) >= 11 is 0. The first-order valence-electron chi connectivity index (χ1n) is 7.40. The maximum atomic E-state index is 9.56. The maximum Gasteiger partial charge on any atom is 0.229 e. The lowest BCUT2D eigenvalue weighted by atomic mass is 9.77. The van der Waals surface area contributed by atoms with Crippen molar-refractivity contribution in [2.24, 2.45) is 0 Å². The summed E-state index contributed by atoms with van der Waals surface area (Å²) in [5, 5.41) is 13.7. The molecule has 1 unspecified atom stereocenters. The average Bonchev–Trinajstić information content (AvgIpc) is 2.90. The van der Waals surface area contributed by atoms with Crippen molar-refractivity contribution in [3.05, 3.63) is 47.1 Å². The van der Waals surface area contributed by atoms with Crippen molar-refractivity contribution in [2.45, 2.75) is 50.0 Å². The van der Waals surface area contributed by atoms with Crippen LogP contribution >= 0.6 is 0 Å². The Kier molecular flexibility index (Phi) is 2.84. The Morgan fingerprint density at radius 3 is 2.70 bits per heavy atom. The molecule has 1 heterocycles. The molecule has 2 aliphatic carbocycles. The second-order valence-electron chi connectivity index (χ2n) is 5.95. The van der Waals surface area contributed by atoms with Crippen LogP contribution in [0.25, 0.3) is 0 Å². The van der Waals surface area contributed by atoms with E-state index < -0.39 is 0 Å². The van der Waals surface area contributed by atoms with E-state index in [9.17, 15) is 5.11 Å². The first kappa shape index (κ1) is 12.1. The van der Waals surface area contributed by atoms with E-state index >= 15 is 0 Å². The van der Waals surface area contributed by atoms with Crippen molar-refractivity contribution in [3.8, 4) is 0 Å². The molecular weight excluding hydrogens is 252 g/mol. The van der Waals surface area contributed by atoms with E-state index in [2.05, 4.69) is 34.4 Å². The minimum absolute atomic E-state index is 0.146. The molecule has 20 heavy (non-hydrogen) atoms. The van der Waals surface area contributed by atoms with Crippen LogP contribution in [0.3, 0.4) is 0 Å². The topological polar surface area (TPSA) is 59.2 Å². The zero-order valence-corrected chi connectivity index (χ0v) is 11.3. The van der Waals surface area contributed by atoms with Crippen LogP contribution in [0.1, 0.15) is 60.4 Å². The molecule has 4 nitrogen and oxygen atoms in total. The van der Waals surface area contributed by atoms with Gasteiger partial charge in [-0.25, -0.2) is 0 Å². The highest BCUT2D eigenvalue weighted by Crippen LogP contribution is 2.39. The highest BCUT2D eigenvalue weighted by molar-refractivity contribution is 5.43. The molecule has 0 bridgehead atoms. The Balaban J connectivity index is 1.52. The van der Waals surface area contributed by atoms with E-state index in [1.54, 1.807) is 0 Å². The fraction of sp³-hybridized carbons (Fsp3) is 0.500. The smallest absolute Gasteiger partial charge is 0.229 e. The van der Waals surface area contributed by atoms with Crippen molar-refractivity contribution in [2.75, 3.05) is 0 Å². The third-order valence-corrected chi connectivity index (χ3v) is 4.67. The van der Waals surface area contributed by atoms with Gasteiger partial charge in [-0.2, -0.15) is 4.98 Å². The number of benzene rings is 1. The Bertz CT molecular complexity index is 614. The molecule has 0 radical (unpaired) electrons. The molecule has 1 saturated carbocycles. The summed E-state index contributed by atoms with van der Waals surface area (Å²) in [5.41, 5.74) is 2.73. The van der Waals surface area contributed by atoms with Gasteiger partial charge in [-0.15, -0.1) is 0 Å². The van der Waals surface area contributed by atoms with Crippen molar-refractivity contribution < 1.29 is 9.63 Å². The summed E-state index contributed by atoms with van der Waals surface area (Å²) < 4.78 is 5.47. The van der Waals surface area contributed by atoms with Gasteiger partial charge in [-0.05, 0) is 43.2 Å². The average molecular weight is 270 g/mol. The molecule has 1 fully saturated rings. The van der Waals surface area contributed by atoms with E-state index in [4.69, 9.17) is 4.52 Å². The third kappa shape index (κ3) is 1.95. The Morgan fingerprint density at radius 2 is 1.90 bits per heavy atom. The van der Waals surface area contributed by atoms with E-state index in [1.807, 2.05) is 0 Å². The molecule has 1 N–H and O–H groups in total. The molecule has 4 rings (SSSR count). The SMILES string of the molecule is OC1CCC(c2nc(C3Cc4ccccc43)no2)CC1. The van der Waals surface area contributed by atoms with Crippen molar-refractivity contribution in [3.63, 3.8) is 0 Å². The molecule has 104 valence electrons. The first-order valence-corrected chi connectivity index (χ1v) is 7.40. The predicted octanol–water partition coefficient (Wildman–Crippen LogP) is 2.78. The normalized spacial score (nSPS) is 28.8. The molecule has 0 aliphatic heterocycles. The standard InChI is InChI=1S/C16H18N2O2/c19-12-7-5-10(6-8-12)16-17-15(18-20-16)14-9-11-3-1-2-4-13(11)14/h1-4,10,12,14,19H,5-9H2. The summed E-state index contributed by atoms with van der Waals surface area (Å²) in [6.45, 7) is 0. The fourth-order valence-corrected chi connectivity index (χ4v) is 3.37. The van der Waals surface area contributed by atoms with E-state index in [1.165, 1.54) is 11.1 Å². The number of aliphatic hydroxyl groups is 1. The monoisotopic (exact) mass is 270 g/mol. The number of aliphatic hydroxyl groups excluding tert-OH is 1. The van der Waals surface area contributed by atoms with Gasteiger partial charge in [0.1, 0.15) is 0 Å². The molecule has 0 amide bonds. The summed E-state index contributed by atoms with van der Waals surface area (Å²) in [7, 11) is 0. The largest absolute Gasteiger partial charge is 0.393 e. The van der Waals surface area contributed by atoms with E-state index in [-0.39, 0.29) is 6.10 Å². The van der Waals surface area contributed by atoms with Crippen LogP contribution in [-0.4, -0.2) is 21.4 Å². The molecule has 2 aromatic rings.